The van der Waals surface area contributed by atoms with Crippen molar-refractivity contribution in [2.75, 3.05) is 7.11 Å². The van der Waals surface area contributed by atoms with Crippen molar-refractivity contribution in [3.63, 3.8) is 0 Å². The summed E-state index contributed by atoms with van der Waals surface area (Å²) < 4.78 is 12.4. The lowest BCUT2D eigenvalue weighted by Gasteiger charge is -2.14. The van der Waals surface area contributed by atoms with Gasteiger partial charge in [-0.25, -0.2) is 0 Å². The molecule has 1 heterocycles. The molecule has 0 radical (unpaired) electrons. The predicted octanol–water partition coefficient (Wildman–Crippen LogP) is 4.56. The Bertz CT molecular complexity index is 795. The van der Waals surface area contributed by atoms with Gasteiger partial charge < -0.3 is 14.9 Å². The molecule has 3 aromatic rings. The average molecular weight is 346 g/mol. The number of aryl methyl sites for hydroxylation is 1. The highest BCUT2D eigenvalue weighted by atomic mass is 79.9. The van der Waals surface area contributed by atoms with Crippen LogP contribution in [-0.2, 0) is 0 Å². The van der Waals surface area contributed by atoms with Crippen molar-refractivity contribution < 1.29 is 9.15 Å². The number of rotatable bonds is 3. The summed E-state index contributed by atoms with van der Waals surface area (Å²) in [5.41, 5.74) is 9.23. The average Bonchev–Trinajstić information content (AvgIpc) is 2.83. The van der Waals surface area contributed by atoms with Gasteiger partial charge in [0.15, 0.2) is 0 Å². The van der Waals surface area contributed by atoms with Crippen molar-refractivity contribution in [3.05, 3.63) is 63.8 Å². The van der Waals surface area contributed by atoms with E-state index in [-0.39, 0.29) is 6.04 Å². The fourth-order valence-electron chi connectivity index (χ4n) is 2.57. The van der Waals surface area contributed by atoms with E-state index in [1.165, 1.54) is 0 Å². The van der Waals surface area contributed by atoms with Gasteiger partial charge in [0.05, 0.1) is 13.2 Å². The Morgan fingerprint density at radius 1 is 1.19 bits per heavy atom. The Kier molecular flexibility index (Phi) is 3.74. The summed E-state index contributed by atoms with van der Waals surface area (Å²) in [6, 6.07) is 13.4. The number of ether oxygens (including phenoxy) is 1. The van der Waals surface area contributed by atoms with Gasteiger partial charge in [-0.15, -0.1) is 0 Å². The zero-order valence-corrected chi connectivity index (χ0v) is 13.5. The summed E-state index contributed by atoms with van der Waals surface area (Å²) in [6.07, 6.45) is 0. The van der Waals surface area contributed by atoms with Crippen LogP contribution < -0.4 is 10.5 Å². The second-order valence-corrected chi connectivity index (χ2v) is 5.87. The summed E-state index contributed by atoms with van der Waals surface area (Å²) >= 11 is 3.49. The van der Waals surface area contributed by atoms with Crippen molar-refractivity contribution in [3.8, 4) is 5.75 Å². The monoisotopic (exact) mass is 345 g/mol. The van der Waals surface area contributed by atoms with Crippen molar-refractivity contribution in [2.24, 2.45) is 5.73 Å². The smallest absolute Gasteiger partial charge is 0.134 e. The van der Waals surface area contributed by atoms with Crippen LogP contribution in [-0.4, -0.2) is 7.11 Å². The minimum absolute atomic E-state index is 0.354. The SMILES string of the molecule is COc1ccccc1C(N)c1oc2ccc(Br)cc2c1C. The van der Waals surface area contributed by atoms with Crippen LogP contribution in [0.2, 0.25) is 0 Å². The Morgan fingerprint density at radius 3 is 2.71 bits per heavy atom. The highest BCUT2D eigenvalue weighted by molar-refractivity contribution is 9.10. The van der Waals surface area contributed by atoms with Gasteiger partial charge >= 0.3 is 0 Å². The summed E-state index contributed by atoms with van der Waals surface area (Å²) in [5.74, 6) is 1.54. The molecule has 0 aliphatic rings. The third kappa shape index (κ3) is 2.45. The topological polar surface area (TPSA) is 48.4 Å². The normalized spacial score (nSPS) is 12.6. The molecule has 4 heteroatoms. The largest absolute Gasteiger partial charge is 0.496 e. The van der Waals surface area contributed by atoms with Crippen LogP contribution in [0, 0.1) is 6.92 Å². The minimum atomic E-state index is -0.354. The van der Waals surface area contributed by atoms with Crippen LogP contribution >= 0.6 is 15.9 Å². The van der Waals surface area contributed by atoms with Gasteiger partial charge in [0.1, 0.15) is 17.1 Å². The number of furan rings is 1. The number of hydrogen-bond donors (Lipinski definition) is 1. The first-order valence-corrected chi connectivity index (χ1v) is 7.48. The van der Waals surface area contributed by atoms with Gasteiger partial charge in [0, 0.05) is 21.0 Å². The number of hydrogen-bond acceptors (Lipinski definition) is 3. The van der Waals surface area contributed by atoms with Crippen LogP contribution in [0.15, 0.2) is 51.4 Å². The van der Waals surface area contributed by atoms with E-state index in [0.717, 1.165) is 38.1 Å². The maximum atomic E-state index is 6.41. The van der Waals surface area contributed by atoms with E-state index < -0.39 is 0 Å². The number of benzene rings is 2. The lowest BCUT2D eigenvalue weighted by Crippen LogP contribution is -2.13. The fourth-order valence-corrected chi connectivity index (χ4v) is 2.93. The quantitative estimate of drug-likeness (QED) is 0.756. The molecule has 108 valence electrons. The van der Waals surface area contributed by atoms with E-state index >= 15 is 0 Å². The van der Waals surface area contributed by atoms with Crippen molar-refractivity contribution in [2.45, 2.75) is 13.0 Å². The van der Waals surface area contributed by atoms with Gasteiger partial charge in [-0.3, -0.25) is 0 Å². The second-order valence-electron chi connectivity index (χ2n) is 4.95. The molecule has 0 spiro atoms. The molecule has 1 unspecified atom stereocenters. The zero-order chi connectivity index (χ0) is 15.0. The molecular weight excluding hydrogens is 330 g/mol. The molecule has 3 nitrogen and oxygen atoms in total. The molecule has 21 heavy (non-hydrogen) atoms. The number of methoxy groups -OCH3 is 1. The van der Waals surface area contributed by atoms with Gasteiger partial charge in [0.2, 0.25) is 0 Å². The van der Waals surface area contributed by atoms with E-state index in [1.807, 2.05) is 49.4 Å². The van der Waals surface area contributed by atoms with Crippen LogP contribution in [0.5, 0.6) is 5.75 Å². The standard InChI is InChI=1S/C17H16BrNO2/c1-10-13-9-11(18)7-8-15(13)21-17(10)16(19)12-5-3-4-6-14(12)20-2/h3-9,16H,19H2,1-2H3. The number of halogens is 1. The molecule has 0 aliphatic carbocycles. The summed E-state index contributed by atoms with van der Waals surface area (Å²) in [4.78, 5) is 0. The number of nitrogens with two attached hydrogens (primary N) is 1. The first-order valence-electron chi connectivity index (χ1n) is 6.69. The number of fused-ring (bicyclic) bond motifs is 1. The molecule has 0 fully saturated rings. The highest BCUT2D eigenvalue weighted by Gasteiger charge is 2.21. The van der Waals surface area contributed by atoms with E-state index in [4.69, 9.17) is 14.9 Å². The lowest BCUT2D eigenvalue weighted by molar-refractivity contribution is 0.404. The molecule has 1 aromatic heterocycles. The van der Waals surface area contributed by atoms with Gasteiger partial charge in [-0.1, -0.05) is 34.1 Å². The van der Waals surface area contributed by atoms with Crippen LogP contribution in [0.3, 0.4) is 0 Å². The maximum absolute atomic E-state index is 6.41. The molecule has 0 bridgehead atoms. The lowest BCUT2D eigenvalue weighted by atomic mass is 10.0. The predicted molar refractivity (Wildman–Crippen MR) is 87.7 cm³/mol. The van der Waals surface area contributed by atoms with Crippen LogP contribution in [0.1, 0.15) is 22.9 Å². The molecular formula is C17H16BrNO2. The summed E-state index contributed by atoms with van der Waals surface area (Å²) in [6.45, 7) is 2.03. The van der Waals surface area contributed by atoms with Gasteiger partial charge in [-0.05, 0) is 31.2 Å². The molecule has 3 rings (SSSR count). The van der Waals surface area contributed by atoms with E-state index in [0.29, 0.717) is 0 Å². The van der Waals surface area contributed by atoms with E-state index in [9.17, 15) is 0 Å². The molecule has 0 amide bonds. The first kappa shape index (κ1) is 14.2. The van der Waals surface area contributed by atoms with Crippen molar-refractivity contribution in [1.29, 1.82) is 0 Å². The van der Waals surface area contributed by atoms with Gasteiger partial charge in [-0.2, -0.15) is 0 Å². The maximum Gasteiger partial charge on any atom is 0.134 e. The highest BCUT2D eigenvalue weighted by Crippen LogP contribution is 2.35. The van der Waals surface area contributed by atoms with Gasteiger partial charge in [0.25, 0.3) is 0 Å². The molecule has 0 aliphatic heterocycles. The first-order chi connectivity index (χ1) is 10.1. The third-order valence-corrected chi connectivity index (χ3v) is 4.18. The molecule has 1 atom stereocenters. The second kappa shape index (κ2) is 5.54. The molecule has 2 N–H and O–H groups in total. The van der Waals surface area contributed by atoms with Crippen molar-refractivity contribution in [1.82, 2.24) is 0 Å². The van der Waals surface area contributed by atoms with Crippen molar-refractivity contribution >= 4 is 26.9 Å². The Morgan fingerprint density at radius 2 is 1.95 bits per heavy atom. The van der Waals surface area contributed by atoms with Crippen LogP contribution in [0.25, 0.3) is 11.0 Å². The van der Waals surface area contributed by atoms with E-state index in [1.54, 1.807) is 7.11 Å². The Balaban J connectivity index is 2.13. The summed E-state index contributed by atoms with van der Waals surface area (Å²) in [5, 5.41) is 1.07. The fraction of sp³-hybridized carbons (Fsp3) is 0.176. The molecule has 2 aromatic carbocycles. The minimum Gasteiger partial charge on any atom is -0.496 e. The van der Waals surface area contributed by atoms with E-state index in [2.05, 4.69) is 15.9 Å². The summed E-state index contributed by atoms with van der Waals surface area (Å²) in [7, 11) is 1.65. The Hall–Kier alpha value is -1.78. The zero-order valence-electron chi connectivity index (χ0n) is 11.9. The molecule has 0 saturated heterocycles. The van der Waals surface area contributed by atoms with Crippen LogP contribution in [0.4, 0.5) is 0 Å². The number of para-hydroxylation sites is 1. The Labute approximate surface area is 131 Å². The molecule has 0 saturated carbocycles. The third-order valence-electron chi connectivity index (χ3n) is 3.69.